The Morgan fingerprint density at radius 2 is 1.74 bits per heavy atom. The smallest absolute Gasteiger partial charge is 0.191 e. The highest BCUT2D eigenvalue weighted by Crippen LogP contribution is 2.37. The maximum Gasteiger partial charge on any atom is 0.191 e. The topological polar surface area (TPSA) is 98.6 Å². The fourth-order valence-electron chi connectivity index (χ4n) is 4.32. The van der Waals surface area contributed by atoms with Gasteiger partial charge in [-0.25, -0.2) is 4.98 Å². The van der Waals surface area contributed by atoms with E-state index in [1.807, 2.05) is 6.07 Å². The Morgan fingerprint density at radius 3 is 2.31 bits per heavy atom. The molecule has 0 amide bonds. The Morgan fingerprint density at radius 1 is 1.11 bits per heavy atom. The number of hydrogen-bond acceptors (Lipinski definition) is 7. The monoisotopic (exact) mass is 560 g/mol. The number of nitrogens with zero attached hydrogens (tertiary/aromatic N) is 3. The molecule has 3 N–H and O–H groups in total. The van der Waals surface area contributed by atoms with Crippen molar-refractivity contribution in [1.82, 2.24) is 14.9 Å². The molecular weight excluding hydrogens is 534 g/mol. The van der Waals surface area contributed by atoms with E-state index in [0.717, 1.165) is 25.7 Å². The van der Waals surface area contributed by atoms with Crippen LogP contribution in [0.4, 0.5) is 5.69 Å². The Hall–Kier alpha value is -1.87. The molecule has 2 heterocycles. The summed E-state index contributed by atoms with van der Waals surface area (Å²) < 4.78 is 0. The number of anilines is 1. The van der Waals surface area contributed by atoms with Crippen LogP contribution in [0.25, 0.3) is 22.3 Å². The van der Waals surface area contributed by atoms with Gasteiger partial charge in [-0.2, -0.15) is 0 Å². The molecule has 35 heavy (non-hydrogen) atoms. The summed E-state index contributed by atoms with van der Waals surface area (Å²) in [7, 11) is 4.19. The van der Waals surface area contributed by atoms with Crippen LogP contribution in [-0.2, 0) is 0 Å². The van der Waals surface area contributed by atoms with Crippen molar-refractivity contribution in [3.63, 3.8) is 0 Å². The minimum Gasteiger partial charge on any atom is -0.505 e. The highest BCUT2D eigenvalue weighted by Gasteiger charge is 2.25. The van der Waals surface area contributed by atoms with E-state index in [0.29, 0.717) is 39.6 Å². The predicted octanol–water partition coefficient (Wildman–Crippen LogP) is 5.61. The molecule has 1 aliphatic carbocycles. The molecule has 1 saturated carbocycles. The summed E-state index contributed by atoms with van der Waals surface area (Å²) in [5.74, 6) is -0.604. The summed E-state index contributed by atoms with van der Waals surface area (Å²) in [4.78, 5) is 23.9. The number of aliphatic hydroxyl groups excluding tert-OH is 1. The molecule has 1 fully saturated rings. The fourth-order valence-corrected chi connectivity index (χ4v) is 4.81. The van der Waals surface area contributed by atoms with Crippen molar-refractivity contribution >= 4 is 70.5 Å². The summed E-state index contributed by atoms with van der Waals surface area (Å²) in [6.07, 6.45) is 5.52. The number of pyridine rings is 2. The SMILES string of the molecule is CN(C)C1CCC(Nc2c(C(=O)CO)cnc3ccc(-c4cc(Cl)c(O)c(Cl)c4)nc23)CC1.Cl.Cl. The lowest BCUT2D eigenvalue weighted by atomic mass is 9.90. The van der Waals surface area contributed by atoms with Crippen LogP contribution in [-0.4, -0.2) is 63.7 Å². The van der Waals surface area contributed by atoms with Gasteiger partial charge in [-0.15, -0.1) is 24.8 Å². The minimum absolute atomic E-state index is 0. The number of fused-ring (bicyclic) bond motifs is 1. The van der Waals surface area contributed by atoms with E-state index in [4.69, 9.17) is 28.2 Å². The lowest BCUT2D eigenvalue weighted by Gasteiger charge is -2.33. The second-order valence-electron chi connectivity index (χ2n) is 8.59. The van der Waals surface area contributed by atoms with Crippen LogP contribution in [0.5, 0.6) is 5.75 Å². The van der Waals surface area contributed by atoms with Crippen LogP contribution in [0.2, 0.25) is 10.0 Å². The van der Waals surface area contributed by atoms with Crippen LogP contribution in [0.15, 0.2) is 30.5 Å². The second-order valence-corrected chi connectivity index (χ2v) is 9.41. The summed E-state index contributed by atoms with van der Waals surface area (Å²) >= 11 is 12.2. The van der Waals surface area contributed by atoms with Crippen molar-refractivity contribution in [3.8, 4) is 17.0 Å². The molecule has 4 rings (SSSR count). The number of halogens is 4. The van der Waals surface area contributed by atoms with E-state index in [-0.39, 0.29) is 46.7 Å². The van der Waals surface area contributed by atoms with E-state index in [1.54, 1.807) is 18.2 Å². The van der Waals surface area contributed by atoms with Crippen molar-refractivity contribution in [2.24, 2.45) is 0 Å². The molecule has 3 aromatic rings. The van der Waals surface area contributed by atoms with Crippen molar-refractivity contribution in [1.29, 1.82) is 0 Å². The van der Waals surface area contributed by atoms with Gasteiger partial charge in [-0.1, -0.05) is 23.2 Å². The summed E-state index contributed by atoms with van der Waals surface area (Å²) in [5.41, 5.74) is 3.23. The standard InChI is InChI=1S/C24H26Cl2N4O3.2ClH/c1-30(2)15-5-3-14(4-6-15)28-22-16(21(32)12-31)11-27-20-8-7-19(29-23(20)22)13-9-17(25)24(33)18(26)10-13;;/h7-11,14-15,31,33H,3-6,12H2,1-2H3,(H,27,28);2*1H. The first-order chi connectivity index (χ1) is 15.8. The maximum absolute atomic E-state index is 12.5. The summed E-state index contributed by atoms with van der Waals surface area (Å²) in [6.45, 7) is -0.613. The van der Waals surface area contributed by atoms with Crippen LogP contribution in [0.3, 0.4) is 0 Å². The quantitative estimate of drug-likeness (QED) is 0.336. The van der Waals surface area contributed by atoms with Crippen molar-refractivity contribution in [2.45, 2.75) is 37.8 Å². The van der Waals surface area contributed by atoms with Crippen LogP contribution in [0, 0.1) is 0 Å². The third kappa shape index (κ3) is 6.28. The van der Waals surface area contributed by atoms with Gasteiger partial charge in [0, 0.05) is 23.8 Å². The number of phenolic OH excluding ortho intramolecular Hbond substituents is 1. The summed E-state index contributed by atoms with van der Waals surface area (Å²) in [6, 6.07) is 7.50. The molecule has 190 valence electrons. The molecule has 0 bridgehead atoms. The van der Waals surface area contributed by atoms with Gasteiger partial charge in [0.25, 0.3) is 0 Å². The minimum atomic E-state index is -0.613. The number of benzene rings is 1. The zero-order valence-corrected chi connectivity index (χ0v) is 22.4. The first-order valence-electron chi connectivity index (χ1n) is 10.8. The zero-order chi connectivity index (χ0) is 23.7. The Kier molecular flexibility index (Phi) is 10.4. The van der Waals surface area contributed by atoms with Gasteiger partial charge in [-0.3, -0.25) is 9.78 Å². The number of carbonyl (C=O) groups excluding carboxylic acids is 1. The molecule has 11 heteroatoms. The van der Waals surface area contributed by atoms with Crippen LogP contribution >= 0.6 is 48.0 Å². The van der Waals surface area contributed by atoms with Crippen molar-refractivity contribution in [3.05, 3.63) is 46.1 Å². The second kappa shape index (κ2) is 12.4. The molecule has 1 aliphatic rings. The Balaban J connectivity index is 0.00000216. The third-order valence-electron chi connectivity index (χ3n) is 6.24. The first kappa shape index (κ1) is 29.4. The van der Waals surface area contributed by atoms with Gasteiger partial charge in [-0.05, 0) is 64.0 Å². The number of aromatic nitrogens is 2. The Bertz CT molecular complexity index is 1180. The van der Waals surface area contributed by atoms with E-state index < -0.39 is 12.4 Å². The van der Waals surface area contributed by atoms with Gasteiger partial charge < -0.3 is 20.4 Å². The average Bonchev–Trinajstić information content (AvgIpc) is 2.82. The van der Waals surface area contributed by atoms with E-state index >= 15 is 0 Å². The third-order valence-corrected chi connectivity index (χ3v) is 6.82. The predicted molar refractivity (Wildman–Crippen MR) is 146 cm³/mol. The average molecular weight is 562 g/mol. The van der Waals surface area contributed by atoms with Crippen LogP contribution in [0.1, 0.15) is 36.0 Å². The van der Waals surface area contributed by atoms with E-state index in [1.165, 1.54) is 6.20 Å². The molecule has 2 aromatic heterocycles. The van der Waals surface area contributed by atoms with Gasteiger partial charge in [0.1, 0.15) is 12.1 Å². The molecule has 0 atom stereocenters. The van der Waals surface area contributed by atoms with Gasteiger partial charge in [0.05, 0.1) is 32.5 Å². The molecule has 0 spiro atoms. The number of aromatic hydroxyl groups is 1. The fraction of sp³-hybridized carbons (Fsp3) is 0.375. The van der Waals surface area contributed by atoms with E-state index in [9.17, 15) is 15.0 Å². The number of rotatable bonds is 6. The van der Waals surface area contributed by atoms with Crippen molar-refractivity contribution in [2.75, 3.05) is 26.0 Å². The number of aliphatic hydroxyl groups is 1. The highest BCUT2D eigenvalue weighted by molar-refractivity contribution is 6.37. The number of hydrogen-bond donors (Lipinski definition) is 3. The lowest BCUT2D eigenvalue weighted by molar-refractivity contribution is 0.0904. The molecule has 7 nitrogen and oxygen atoms in total. The number of carbonyl (C=O) groups is 1. The normalized spacial score (nSPS) is 17.5. The van der Waals surface area contributed by atoms with E-state index in [2.05, 4.69) is 29.3 Å². The molecular formula is C24H28Cl4N4O3. The van der Waals surface area contributed by atoms with Gasteiger partial charge in [0.15, 0.2) is 11.5 Å². The highest BCUT2D eigenvalue weighted by atomic mass is 35.5. The first-order valence-corrected chi connectivity index (χ1v) is 11.6. The van der Waals surface area contributed by atoms with Gasteiger partial charge in [0.2, 0.25) is 0 Å². The molecule has 0 aliphatic heterocycles. The maximum atomic E-state index is 12.5. The number of ketones is 1. The molecule has 1 aromatic carbocycles. The lowest BCUT2D eigenvalue weighted by Crippen LogP contribution is -2.36. The molecule has 0 saturated heterocycles. The molecule has 0 unspecified atom stereocenters. The number of Topliss-reactive ketones (excluding diaryl/α,β-unsaturated/α-hetero) is 1. The summed E-state index contributed by atoms with van der Waals surface area (Å²) in [5, 5.41) is 23.2. The van der Waals surface area contributed by atoms with Gasteiger partial charge >= 0.3 is 0 Å². The van der Waals surface area contributed by atoms with Crippen molar-refractivity contribution < 1.29 is 15.0 Å². The number of phenols is 1. The molecule has 0 radical (unpaired) electrons. The number of nitrogens with one attached hydrogen (secondary N) is 1. The Labute approximate surface area is 226 Å². The zero-order valence-electron chi connectivity index (χ0n) is 19.3. The largest absolute Gasteiger partial charge is 0.505 e. The van der Waals surface area contributed by atoms with Crippen LogP contribution < -0.4 is 5.32 Å².